The summed E-state index contributed by atoms with van der Waals surface area (Å²) in [7, 11) is 1.56. The maximum absolute atomic E-state index is 12.9. The number of fused-ring (bicyclic) bond motifs is 1. The van der Waals surface area contributed by atoms with E-state index in [-0.39, 0.29) is 18.6 Å². The summed E-state index contributed by atoms with van der Waals surface area (Å²) in [6, 6.07) is 14.7. The van der Waals surface area contributed by atoms with E-state index >= 15 is 0 Å². The zero-order valence-corrected chi connectivity index (χ0v) is 19.1. The summed E-state index contributed by atoms with van der Waals surface area (Å²) >= 11 is 0. The molecule has 0 fully saturated rings. The third-order valence-corrected chi connectivity index (χ3v) is 5.35. The highest BCUT2D eigenvalue weighted by molar-refractivity contribution is 5.94. The topological polar surface area (TPSA) is 78.9 Å². The molecule has 0 unspecified atom stereocenters. The molecule has 7 heteroatoms. The number of rotatable bonds is 9. The molecule has 7 nitrogen and oxygen atoms in total. The molecule has 33 heavy (non-hydrogen) atoms. The molecular formula is C26H28N2O5. The summed E-state index contributed by atoms with van der Waals surface area (Å²) < 4.78 is 22.9. The number of carbonyl (C=O) groups excluding carboxylic acids is 1. The van der Waals surface area contributed by atoms with Gasteiger partial charge in [-0.3, -0.25) is 9.78 Å². The molecule has 1 amide bonds. The predicted molar refractivity (Wildman–Crippen MR) is 124 cm³/mol. The summed E-state index contributed by atoms with van der Waals surface area (Å²) in [6.07, 6.45) is 2.71. The predicted octanol–water partition coefficient (Wildman–Crippen LogP) is 4.32. The number of amides is 1. The van der Waals surface area contributed by atoms with E-state index < -0.39 is 0 Å². The molecule has 1 aromatic heterocycles. The first-order chi connectivity index (χ1) is 16.1. The first-order valence-electron chi connectivity index (χ1n) is 11.0. The second kappa shape index (κ2) is 10.3. The van der Waals surface area contributed by atoms with Crippen LogP contribution in [0.2, 0.25) is 0 Å². The lowest BCUT2D eigenvalue weighted by Gasteiger charge is -2.14. The molecule has 2 heterocycles. The number of methoxy groups -OCH3 is 1. The lowest BCUT2D eigenvalue weighted by Crippen LogP contribution is -2.23. The molecule has 0 saturated heterocycles. The van der Waals surface area contributed by atoms with E-state index in [1.165, 1.54) is 0 Å². The van der Waals surface area contributed by atoms with Gasteiger partial charge in [-0.1, -0.05) is 6.07 Å². The van der Waals surface area contributed by atoms with Gasteiger partial charge in [-0.2, -0.15) is 0 Å². The van der Waals surface area contributed by atoms with Crippen molar-refractivity contribution in [1.29, 1.82) is 0 Å². The Bertz CT molecular complexity index is 1120. The third kappa shape index (κ3) is 5.37. The average Bonchev–Trinajstić information content (AvgIpc) is 3.20. The number of nitrogens with zero attached hydrogens (tertiary/aromatic N) is 1. The van der Waals surface area contributed by atoms with E-state index in [2.05, 4.69) is 10.3 Å². The van der Waals surface area contributed by atoms with Crippen LogP contribution in [0.25, 0.3) is 0 Å². The normalized spacial score (nSPS) is 14.2. The molecule has 172 valence electrons. The largest absolute Gasteiger partial charge is 0.494 e. The molecule has 0 spiro atoms. The number of hydrogen-bond acceptors (Lipinski definition) is 6. The summed E-state index contributed by atoms with van der Waals surface area (Å²) in [5.74, 6) is 2.42. The van der Waals surface area contributed by atoms with Crippen LogP contribution < -0.4 is 24.3 Å². The molecule has 0 bridgehead atoms. The molecule has 1 aliphatic rings. The van der Waals surface area contributed by atoms with Crippen molar-refractivity contribution in [2.24, 2.45) is 0 Å². The van der Waals surface area contributed by atoms with Crippen LogP contribution in [0.1, 0.15) is 41.0 Å². The Morgan fingerprint density at radius 3 is 2.76 bits per heavy atom. The fourth-order valence-electron chi connectivity index (χ4n) is 3.75. The number of aromatic nitrogens is 1. The Morgan fingerprint density at radius 2 is 2.00 bits per heavy atom. The highest BCUT2D eigenvalue weighted by atomic mass is 16.5. The van der Waals surface area contributed by atoms with Crippen molar-refractivity contribution in [3.8, 4) is 23.0 Å². The van der Waals surface area contributed by atoms with Crippen LogP contribution in [0, 0.1) is 0 Å². The molecule has 1 atom stereocenters. The fourth-order valence-corrected chi connectivity index (χ4v) is 3.75. The van der Waals surface area contributed by atoms with Crippen molar-refractivity contribution in [2.75, 3.05) is 13.7 Å². The molecule has 3 aromatic rings. The van der Waals surface area contributed by atoms with Gasteiger partial charge in [-0.15, -0.1) is 0 Å². The summed E-state index contributed by atoms with van der Waals surface area (Å²) in [6.45, 7) is 5.12. The summed E-state index contributed by atoms with van der Waals surface area (Å²) in [4.78, 5) is 17.2. The zero-order chi connectivity index (χ0) is 23.2. The van der Waals surface area contributed by atoms with Gasteiger partial charge < -0.3 is 24.3 Å². The maximum atomic E-state index is 12.9. The van der Waals surface area contributed by atoms with Crippen molar-refractivity contribution in [1.82, 2.24) is 10.3 Å². The smallest absolute Gasteiger partial charge is 0.251 e. The van der Waals surface area contributed by atoms with Crippen LogP contribution in [-0.4, -0.2) is 30.7 Å². The molecule has 1 aliphatic heterocycles. The summed E-state index contributed by atoms with van der Waals surface area (Å²) in [5.41, 5.74) is 3.26. The third-order valence-electron chi connectivity index (χ3n) is 5.35. The van der Waals surface area contributed by atoms with Crippen molar-refractivity contribution >= 4 is 5.91 Å². The van der Waals surface area contributed by atoms with Crippen LogP contribution in [-0.2, 0) is 19.6 Å². The Labute approximate surface area is 193 Å². The van der Waals surface area contributed by atoms with E-state index in [4.69, 9.17) is 18.9 Å². The molecule has 0 aliphatic carbocycles. The number of pyridine rings is 1. The molecule has 1 N–H and O–H groups in total. The highest BCUT2D eigenvalue weighted by Gasteiger charge is 2.22. The van der Waals surface area contributed by atoms with E-state index in [0.29, 0.717) is 30.2 Å². The molecule has 4 rings (SSSR count). The second-order valence-corrected chi connectivity index (χ2v) is 7.79. The van der Waals surface area contributed by atoms with Gasteiger partial charge in [-0.05, 0) is 56.3 Å². The molecule has 0 radical (unpaired) electrons. The molecule has 2 aromatic carbocycles. The lowest BCUT2D eigenvalue weighted by molar-refractivity contribution is 0.0950. The van der Waals surface area contributed by atoms with E-state index in [1.54, 1.807) is 31.5 Å². The van der Waals surface area contributed by atoms with Crippen LogP contribution in [0.4, 0.5) is 0 Å². The Kier molecular flexibility index (Phi) is 6.98. The van der Waals surface area contributed by atoms with E-state index in [1.807, 2.05) is 44.2 Å². The SMILES string of the molecule is CCOc1cc2c(cc1CNC(=O)c1ccc(OC)c(OCc3ccccn3)c1)O[C@@H](C)C2. The van der Waals surface area contributed by atoms with Gasteiger partial charge in [0.15, 0.2) is 11.5 Å². The van der Waals surface area contributed by atoms with Gasteiger partial charge in [0.1, 0.15) is 24.2 Å². The number of benzene rings is 2. The van der Waals surface area contributed by atoms with Crippen molar-refractivity contribution in [3.05, 3.63) is 77.1 Å². The minimum atomic E-state index is -0.224. The summed E-state index contributed by atoms with van der Waals surface area (Å²) in [5, 5.41) is 2.97. The van der Waals surface area contributed by atoms with Gasteiger partial charge in [0.05, 0.1) is 19.4 Å². The van der Waals surface area contributed by atoms with Gasteiger partial charge in [0.2, 0.25) is 0 Å². The standard InChI is InChI=1S/C26H28N2O5/c1-4-31-23-13-19-11-17(2)33-24(19)14-20(23)15-28-26(29)18-8-9-22(30-3)25(12-18)32-16-21-7-5-6-10-27-21/h5-10,12-14,17H,4,11,15-16H2,1-3H3,(H,28,29)/t17-/m0/s1. The van der Waals surface area contributed by atoms with Crippen LogP contribution in [0.15, 0.2) is 54.7 Å². The fraction of sp³-hybridized carbons (Fsp3) is 0.308. The number of carbonyl (C=O) groups is 1. The van der Waals surface area contributed by atoms with Gasteiger partial charge in [-0.25, -0.2) is 0 Å². The van der Waals surface area contributed by atoms with Crippen LogP contribution >= 0.6 is 0 Å². The first-order valence-corrected chi connectivity index (χ1v) is 11.0. The molecule has 0 saturated carbocycles. The van der Waals surface area contributed by atoms with Crippen molar-refractivity contribution < 1.29 is 23.7 Å². The van der Waals surface area contributed by atoms with Gasteiger partial charge in [0, 0.05) is 35.9 Å². The van der Waals surface area contributed by atoms with Gasteiger partial charge in [0.25, 0.3) is 5.91 Å². The van der Waals surface area contributed by atoms with Crippen LogP contribution in [0.5, 0.6) is 23.0 Å². The Balaban J connectivity index is 1.47. The Hall–Kier alpha value is -3.74. The highest BCUT2D eigenvalue weighted by Crippen LogP contribution is 2.35. The maximum Gasteiger partial charge on any atom is 0.251 e. The quantitative estimate of drug-likeness (QED) is 0.525. The number of nitrogens with one attached hydrogen (secondary N) is 1. The minimum Gasteiger partial charge on any atom is -0.494 e. The first kappa shape index (κ1) is 22.5. The van der Waals surface area contributed by atoms with Gasteiger partial charge >= 0.3 is 0 Å². The van der Waals surface area contributed by atoms with Crippen molar-refractivity contribution in [3.63, 3.8) is 0 Å². The minimum absolute atomic E-state index is 0.142. The zero-order valence-electron chi connectivity index (χ0n) is 19.1. The van der Waals surface area contributed by atoms with Crippen LogP contribution in [0.3, 0.4) is 0 Å². The molecular weight excluding hydrogens is 420 g/mol. The van der Waals surface area contributed by atoms with E-state index in [0.717, 1.165) is 34.7 Å². The van der Waals surface area contributed by atoms with E-state index in [9.17, 15) is 4.79 Å². The second-order valence-electron chi connectivity index (χ2n) is 7.79. The monoisotopic (exact) mass is 448 g/mol. The lowest BCUT2D eigenvalue weighted by atomic mass is 10.1. The Morgan fingerprint density at radius 1 is 1.12 bits per heavy atom. The average molecular weight is 449 g/mol. The number of ether oxygens (including phenoxy) is 4. The number of hydrogen-bond donors (Lipinski definition) is 1. The van der Waals surface area contributed by atoms with Crippen molar-refractivity contribution in [2.45, 2.75) is 39.5 Å².